The molecule has 4 aromatic rings. The predicted molar refractivity (Wildman–Crippen MR) is 129 cm³/mol. The van der Waals surface area contributed by atoms with Gasteiger partial charge in [-0.05, 0) is 41.7 Å². The van der Waals surface area contributed by atoms with Crippen LogP contribution in [0.1, 0.15) is 41.9 Å². The zero-order valence-corrected chi connectivity index (χ0v) is 18.7. The lowest BCUT2D eigenvalue weighted by Crippen LogP contribution is -2.29. The highest BCUT2D eigenvalue weighted by Crippen LogP contribution is 2.36. The molecule has 32 heavy (non-hydrogen) atoms. The van der Waals surface area contributed by atoms with E-state index in [1.807, 2.05) is 29.3 Å². The molecule has 3 heterocycles. The minimum atomic E-state index is -0.0743. The molecule has 4 nitrogen and oxygen atoms in total. The predicted octanol–water partition coefficient (Wildman–Crippen LogP) is 5.88. The molecule has 0 unspecified atom stereocenters. The Morgan fingerprint density at radius 1 is 0.969 bits per heavy atom. The number of likely N-dealkylation sites (tertiary alicyclic amines) is 1. The lowest BCUT2D eigenvalue weighted by molar-refractivity contribution is -0.130. The van der Waals surface area contributed by atoms with Gasteiger partial charge in [0.2, 0.25) is 5.91 Å². The number of carbonyl (C=O) groups is 1. The molecule has 1 amide bonds. The van der Waals surface area contributed by atoms with E-state index >= 15 is 0 Å². The van der Waals surface area contributed by atoms with Gasteiger partial charge in [0, 0.05) is 55.3 Å². The van der Waals surface area contributed by atoms with Gasteiger partial charge in [0.15, 0.2) is 0 Å². The van der Waals surface area contributed by atoms with Gasteiger partial charge in [0.05, 0.1) is 0 Å². The summed E-state index contributed by atoms with van der Waals surface area (Å²) in [6.07, 6.45) is 6.65. The largest absolute Gasteiger partial charge is 0.343 e. The van der Waals surface area contributed by atoms with E-state index < -0.39 is 0 Å². The van der Waals surface area contributed by atoms with Crippen LogP contribution in [0.4, 0.5) is 0 Å². The van der Waals surface area contributed by atoms with Crippen molar-refractivity contribution in [2.24, 2.45) is 0 Å². The van der Waals surface area contributed by atoms with Crippen LogP contribution < -0.4 is 0 Å². The number of hydrogen-bond donors (Lipinski definition) is 0. The van der Waals surface area contributed by atoms with Gasteiger partial charge < -0.3 is 9.47 Å². The van der Waals surface area contributed by atoms with Crippen molar-refractivity contribution in [1.82, 2.24) is 14.5 Å². The molecule has 0 bridgehead atoms. The van der Waals surface area contributed by atoms with E-state index in [0.717, 1.165) is 43.6 Å². The average Bonchev–Trinajstić information content (AvgIpc) is 3.48. The van der Waals surface area contributed by atoms with Crippen LogP contribution in [0.5, 0.6) is 0 Å². The third-order valence-electron chi connectivity index (χ3n) is 6.38. The van der Waals surface area contributed by atoms with Gasteiger partial charge >= 0.3 is 0 Å². The Labute approximate surface area is 193 Å². The second-order valence-corrected chi connectivity index (χ2v) is 8.86. The third kappa shape index (κ3) is 4.28. The van der Waals surface area contributed by atoms with Gasteiger partial charge in [-0.1, -0.05) is 66.2 Å². The maximum Gasteiger partial charge on any atom is 0.223 e. The van der Waals surface area contributed by atoms with Gasteiger partial charge in [-0.3, -0.25) is 4.79 Å². The summed E-state index contributed by atoms with van der Waals surface area (Å²) in [5.74, 6) is 0.136. The number of para-hydroxylation sites is 1. The van der Waals surface area contributed by atoms with Gasteiger partial charge in [0.1, 0.15) is 5.15 Å². The number of nitrogens with zero attached hydrogens (tertiary/aromatic N) is 3. The Balaban J connectivity index is 1.57. The number of pyridine rings is 1. The van der Waals surface area contributed by atoms with Gasteiger partial charge in [-0.2, -0.15) is 0 Å². The zero-order chi connectivity index (χ0) is 21.9. The molecule has 5 rings (SSSR count). The number of amides is 1. The van der Waals surface area contributed by atoms with Crippen LogP contribution in [0, 0.1) is 0 Å². The first kappa shape index (κ1) is 20.8. The summed E-state index contributed by atoms with van der Waals surface area (Å²) >= 11 is 6.07. The molecule has 0 saturated carbocycles. The highest BCUT2D eigenvalue weighted by Gasteiger charge is 2.26. The summed E-state index contributed by atoms with van der Waals surface area (Å²) in [5, 5.41) is 1.64. The second-order valence-electron chi connectivity index (χ2n) is 8.47. The Morgan fingerprint density at radius 2 is 1.72 bits per heavy atom. The summed E-state index contributed by atoms with van der Waals surface area (Å²) in [6.45, 7) is 2.51. The first-order valence-electron chi connectivity index (χ1n) is 11.2. The number of halogens is 1. The summed E-state index contributed by atoms with van der Waals surface area (Å²) in [5.41, 5.74) is 4.60. The number of benzene rings is 2. The Kier molecular flexibility index (Phi) is 5.95. The molecule has 0 N–H and O–H groups in total. The number of hydrogen-bond acceptors (Lipinski definition) is 2. The van der Waals surface area contributed by atoms with E-state index in [2.05, 4.69) is 64.3 Å². The molecule has 0 spiro atoms. The van der Waals surface area contributed by atoms with Crippen molar-refractivity contribution < 1.29 is 4.79 Å². The Bertz CT molecular complexity index is 1210. The first-order chi connectivity index (χ1) is 15.7. The SMILES string of the molecule is O=C(C[C@@H](c1ccc(Cl)nc1)c1cn(Cc2ccccc2)c2ccccc12)N1CCCC1. The fourth-order valence-electron chi connectivity index (χ4n) is 4.73. The summed E-state index contributed by atoms with van der Waals surface area (Å²) in [7, 11) is 0. The smallest absolute Gasteiger partial charge is 0.223 e. The lowest BCUT2D eigenvalue weighted by Gasteiger charge is -2.21. The quantitative estimate of drug-likeness (QED) is 0.349. The highest BCUT2D eigenvalue weighted by molar-refractivity contribution is 6.29. The van der Waals surface area contributed by atoms with Crippen LogP contribution in [-0.4, -0.2) is 33.4 Å². The monoisotopic (exact) mass is 443 g/mol. The van der Waals surface area contributed by atoms with E-state index in [1.165, 1.54) is 16.5 Å². The Hall–Kier alpha value is -3.11. The topological polar surface area (TPSA) is 38.1 Å². The second kappa shape index (κ2) is 9.17. The van der Waals surface area contributed by atoms with Crippen molar-refractivity contribution in [3.05, 3.63) is 101 Å². The van der Waals surface area contributed by atoms with E-state index in [0.29, 0.717) is 11.6 Å². The number of rotatable bonds is 6. The third-order valence-corrected chi connectivity index (χ3v) is 6.60. The average molecular weight is 444 g/mol. The number of aromatic nitrogens is 2. The molecule has 0 aliphatic carbocycles. The van der Waals surface area contributed by atoms with Crippen molar-refractivity contribution in [1.29, 1.82) is 0 Å². The zero-order valence-electron chi connectivity index (χ0n) is 18.0. The Morgan fingerprint density at radius 3 is 2.47 bits per heavy atom. The normalized spacial score (nSPS) is 14.7. The molecule has 162 valence electrons. The molecule has 1 aliphatic heterocycles. The highest BCUT2D eigenvalue weighted by atomic mass is 35.5. The summed E-state index contributed by atoms with van der Waals surface area (Å²) < 4.78 is 2.29. The number of carbonyl (C=O) groups excluding carboxylic acids is 1. The van der Waals surface area contributed by atoms with Gasteiger partial charge in [-0.15, -0.1) is 0 Å². The molecule has 0 radical (unpaired) electrons. The summed E-state index contributed by atoms with van der Waals surface area (Å²) in [6, 6.07) is 22.7. The molecule has 1 fully saturated rings. The van der Waals surface area contributed by atoms with E-state index in [1.54, 1.807) is 0 Å². The molecule has 5 heteroatoms. The van der Waals surface area contributed by atoms with E-state index in [9.17, 15) is 4.79 Å². The molecule has 2 aromatic heterocycles. The van der Waals surface area contributed by atoms with Crippen LogP contribution in [0.3, 0.4) is 0 Å². The fourth-order valence-corrected chi connectivity index (χ4v) is 4.85. The van der Waals surface area contributed by atoms with Crippen LogP contribution >= 0.6 is 11.6 Å². The molecular formula is C27H26ClN3O. The van der Waals surface area contributed by atoms with Crippen LogP contribution in [0.2, 0.25) is 5.15 Å². The van der Waals surface area contributed by atoms with Crippen molar-refractivity contribution in [2.75, 3.05) is 13.1 Å². The first-order valence-corrected chi connectivity index (χ1v) is 11.6. The van der Waals surface area contributed by atoms with Gasteiger partial charge in [-0.25, -0.2) is 4.98 Å². The molecular weight excluding hydrogens is 418 g/mol. The molecule has 1 aliphatic rings. The van der Waals surface area contributed by atoms with Crippen LogP contribution in [-0.2, 0) is 11.3 Å². The maximum atomic E-state index is 13.2. The minimum Gasteiger partial charge on any atom is -0.343 e. The van der Waals surface area contributed by atoms with Crippen LogP contribution in [0.25, 0.3) is 10.9 Å². The van der Waals surface area contributed by atoms with E-state index in [-0.39, 0.29) is 11.8 Å². The fraction of sp³-hybridized carbons (Fsp3) is 0.259. The molecule has 1 saturated heterocycles. The van der Waals surface area contributed by atoms with E-state index in [4.69, 9.17) is 11.6 Å². The number of fused-ring (bicyclic) bond motifs is 1. The van der Waals surface area contributed by atoms with Crippen molar-refractivity contribution >= 4 is 28.4 Å². The molecule has 2 aromatic carbocycles. The maximum absolute atomic E-state index is 13.2. The van der Waals surface area contributed by atoms with Crippen LogP contribution in [0.15, 0.2) is 79.1 Å². The minimum absolute atomic E-state index is 0.0743. The van der Waals surface area contributed by atoms with Crippen molar-refractivity contribution in [2.45, 2.75) is 31.7 Å². The van der Waals surface area contributed by atoms with Crippen molar-refractivity contribution in [3.8, 4) is 0 Å². The van der Waals surface area contributed by atoms with Crippen molar-refractivity contribution in [3.63, 3.8) is 0 Å². The molecule has 1 atom stereocenters. The van der Waals surface area contributed by atoms with Gasteiger partial charge in [0.25, 0.3) is 0 Å². The standard InChI is InChI=1S/C27H26ClN3O/c28-26-13-12-21(17-29-26)23(16-27(32)30-14-6-7-15-30)24-19-31(18-20-8-2-1-3-9-20)25-11-5-4-10-22(24)25/h1-5,8-13,17,19,23H,6-7,14-16,18H2/t23-/m0/s1. The lowest BCUT2D eigenvalue weighted by atomic mass is 9.88. The summed E-state index contributed by atoms with van der Waals surface area (Å²) in [4.78, 5) is 19.5.